The van der Waals surface area contributed by atoms with Crippen molar-refractivity contribution in [3.63, 3.8) is 0 Å². The van der Waals surface area contributed by atoms with Crippen molar-refractivity contribution in [1.29, 1.82) is 0 Å². The Morgan fingerprint density at radius 1 is 1.17 bits per heavy atom. The van der Waals surface area contributed by atoms with Crippen molar-refractivity contribution in [1.82, 2.24) is 0 Å². The van der Waals surface area contributed by atoms with Gasteiger partial charge in [0.15, 0.2) is 0 Å². The molecule has 40 valence electrons. The van der Waals surface area contributed by atoms with Crippen LogP contribution in [0.3, 0.4) is 0 Å². The maximum absolute atomic E-state index is 8.57. The van der Waals surface area contributed by atoms with E-state index < -0.39 is 21.1 Å². The summed E-state index contributed by atoms with van der Waals surface area (Å²) in [6.07, 6.45) is 0. The van der Waals surface area contributed by atoms with Crippen LogP contribution < -0.4 is 52.8 Å². The van der Waals surface area contributed by atoms with Crippen molar-refractivity contribution in [2.75, 3.05) is 0 Å². The standard InChI is InChI=1S/ClHI.IO3/c1-2;2-1(3)4/h2H;/q+1;-1. The van der Waals surface area contributed by atoms with E-state index in [1.54, 1.807) is 0 Å². The van der Waals surface area contributed by atoms with Gasteiger partial charge in [-0.1, -0.05) is 0 Å². The first-order valence-electron chi connectivity index (χ1n) is 0.617. The van der Waals surface area contributed by atoms with Gasteiger partial charge in [-0.2, -0.15) is 0 Å². The Labute approximate surface area is 61.2 Å². The third kappa shape index (κ3) is 45.4. The molecule has 0 fully saturated rings. The summed E-state index contributed by atoms with van der Waals surface area (Å²) in [5, 5.41) is 0. The first-order chi connectivity index (χ1) is 2.73. The molecule has 6 heavy (non-hydrogen) atoms. The summed E-state index contributed by atoms with van der Waals surface area (Å²) in [5.41, 5.74) is 0. The van der Waals surface area contributed by atoms with Crippen LogP contribution in [-0.4, -0.2) is 0 Å². The lowest BCUT2D eigenvalue weighted by Gasteiger charge is -1.84. The van der Waals surface area contributed by atoms with Crippen molar-refractivity contribution < 1.29 is 52.8 Å². The van der Waals surface area contributed by atoms with E-state index in [9.17, 15) is 0 Å². The molecule has 0 radical (unpaired) electrons. The van der Waals surface area contributed by atoms with E-state index in [0.717, 1.165) is 0 Å². The Balaban J connectivity index is 0. The molecule has 0 heterocycles. The highest BCUT2D eigenvalue weighted by atomic mass is 127. The zero-order valence-corrected chi connectivity index (χ0v) is 7.63. The minimum atomic E-state index is -4.01. The van der Waals surface area contributed by atoms with Gasteiger partial charge in [0.2, 0.25) is 8.91 Å². The summed E-state index contributed by atoms with van der Waals surface area (Å²) < 4.78 is 25.7. The van der Waals surface area contributed by atoms with E-state index >= 15 is 0 Å². The van der Waals surface area contributed by atoms with Crippen LogP contribution in [0.4, 0.5) is 0 Å². The molecule has 0 rings (SSSR count). The Bertz CT molecular complexity index is 13.5. The van der Waals surface area contributed by atoms with Crippen molar-refractivity contribution in [2.24, 2.45) is 0 Å². The van der Waals surface area contributed by atoms with Gasteiger partial charge in [-0.25, -0.2) is 0 Å². The first kappa shape index (κ1) is 10.6. The van der Waals surface area contributed by atoms with Crippen molar-refractivity contribution in [2.45, 2.75) is 0 Å². The van der Waals surface area contributed by atoms with Gasteiger partial charge in [0, 0.05) is 0 Å². The molecule has 0 aromatic carbocycles. The summed E-state index contributed by atoms with van der Waals surface area (Å²) in [6, 6.07) is 0. The Morgan fingerprint density at radius 2 is 1.17 bits per heavy atom. The highest BCUT2D eigenvalue weighted by Crippen LogP contribution is 0.943. The quantitative estimate of drug-likeness (QED) is 0.412. The molecular formula is HClI2O3. The van der Waals surface area contributed by atoms with Crippen molar-refractivity contribution in [3.05, 3.63) is 0 Å². The first-order valence-corrected chi connectivity index (χ1v) is 6.21. The molecule has 0 aliphatic rings. The predicted molar refractivity (Wildman–Crippen MR) is 7.25 cm³/mol. The van der Waals surface area contributed by atoms with Gasteiger partial charge in [0.25, 0.3) is 21.1 Å². The van der Waals surface area contributed by atoms with E-state index in [-0.39, 0.29) is 0 Å². The van der Waals surface area contributed by atoms with Gasteiger partial charge < -0.3 is 10.3 Å². The lowest BCUT2D eigenvalue weighted by molar-refractivity contribution is -1.73. The van der Waals surface area contributed by atoms with E-state index in [1.807, 2.05) is 0 Å². The van der Waals surface area contributed by atoms with Gasteiger partial charge in [-0.05, 0) is 0 Å². The summed E-state index contributed by atoms with van der Waals surface area (Å²) >= 11 is -2.59. The minimum Gasteiger partial charge on any atom is -0.427 e. The number of hydrogen-bond donors (Lipinski definition) is 0. The zero-order chi connectivity index (χ0) is 5.58. The molecule has 0 atom stereocenters. The third-order valence-electron chi connectivity index (χ3n) is 0. The largest absolute Gasteiger partial charge is 0.427 e. The number of rotatable bonds is 0. The van der Waals surface area contributed by atoms with Crippen LogP contribution in [0.5, 0.6) is 0 Å². The van der Waals surface area contributed by atoms with Gasteiger partial charge in [-0.15, -0.1) is 0 Å². The van der Waals surface area contributed by atoms with Crippen LogP contribution in [-0.2, 0) is 0 Å². The average Bonchev–Trinajstić information content (AvgIpc) is 1.41. The van der Waals surface area contributed by atoms with E-state index in [1.165, 1.54) is 21.5 Å². The fourth-order valence-corrected chi connectivity index (χ4v) is 0. The van der Waals surface area contributed by atoms with Crippen molar-refractivity contribution in [3.8, 4) is 0 Å². The van der Waals surface area contributed by atoms with Crippen LogP contribution in [0, 0.1) is 0 Å². The topological polar surface area (TPSA) is 69.2 Å². The van der Waals surface area contributed by atoms with E-state index in [0.29, 0.717) is 0 Å². The van der Waals surface area contributed by atoms with Crippen LogP contribution in [0.1, 0.15) is 0 Å². The maximum atomic E-state index is 8.57. The number of hydrogen-bond acceptors (Lipinski definition) is 3. The van der Waals surface area contributed by atoms with Crippen LogP contribution in [0.15, 0.2) is 0 Å². The molecule has 0 N–H and O–H groups in total. The predicted octanol–water partition coefficient (Wildman–Crippen LogP) is -9.14. The molecule has 0 aromatic heterocycles. The monoisotopic (exact) mass is 338 g/mol. The number of halogens is 3. The van der Waals surface area contributed by atoms with E-state index in [2.05, 4.69) is 8.91 Å². The summed E-state index contributed by atoms with van der Waals surface area (Å²) in [7, 11) is 4.65. The second-order valence-electron chi connectivity index (χ2n) is 0.189. The SMILES string of the molecule is Cl[IH+].[O-][I+2]([O-])[O-]. The second-order valence-corrected chi connectivity index (χ2v) is 1.27. The average molecular weight is 338 g/mol. The molecule has 0 saturated carbocycles. The molecule has 0 aliphatic carbocycles. The summed E-state index contributed by atoms with van der Waals surface area (Å²) in [5.74, 6) is 0. The lowest BCUT2D eigenvalue weighted by Crippen LogP contribution is -4.05. The Morgan fingerprint density at radius 3 is 1.17 bits per heavy atom. The molecule has 3 nitrogen and oxygen atoms in total. The molecule has 0 aliphatic heterocycles. The smallest absolute Gasteiger partial charge is 0.389 e. The molecule has 0 unspecified atom stereocenters. The zero-order valence-electron chi connectivity index (χ0n) is 2.39. The van der Waals surface area contributed by atoms with Crippen LogP contribution >= 0.6 is 8.91 Å². The highest BCUT2D eigenvalue weighted by molar-refractivity contribution is 6.02. The molecule has 0 amide bonds. The fourth-order valence-electron chi connectivity index (χ4n) is 0. The van der Waals surface area contributed by atoms with Crippen LogP contribution in [0.2, 0.25) is 0 Å². The third-order valence-corrected chi connectivity index (χ3v) is 0. The Kier molecular flexibility index (Phi) is 17.3. The van der Waals surface area contributed by atoms with Gasteiger partial charge in [0.05, 0.1) is 0 Å². The summed E-state index contributed by atoms with van der Waals surface area (Å²) in [6.45, 7) is 0. The summed E-state index contributed by atoms with van der Waals surface area (Å²) in [4.78, 5) is 0. The molecular weight excluding hydrogens is 337 g/mol. The second kappa shape index (κ2) is 9.80. The highest BCUT2D eigenvalue weighted by Gasteiger charge is 1.70. The Hall–Kier alpha value is 1.63. The van der Waals surface area contributed by atoms with Gasteiger partial charge in [0.1, 0.15) is 0 Å². The molecule has 0 spiro atoms. The molecule has 0 saturated heterocycles. The lowest BCUT2D eigenvalue weighted by atomic mass is 16.0. The molecule has 0 aromatic rings. The van der Waals surface area contributed by atoms with E-state index in [4.69, 9.17) is 10.3 Å². The minimum absolute atomic E-state index is 1.42. The maximum Gasteiger partial charge on any atom is 0.389 e. The van der Waals surface area contributed by atoms with Gasteiger partial charge in [-0.3, -0.25) is 0 Å². The normalized spacial score (nSPS) is 7.00. The van der Waals surface area contributed by atoms with Crippen molar-refractivity contribution >= 4 is 8.91 Å². The fraction of sp³-hybridized carbons (Fsp3) is 0. The van der Waals surface area contributed by atoms with Crippen LogP contribution in [0.25, 0.3) is 0 Å². The molecule has 6 heteroatoms. The molecule has 0 bridgehead atoms. The van der Waals surface area contributed by atoms with Gasteiger partial charge >= 0.3 is 21.5 Å².